The van der Waals surface area contributed by atoms with Crippen LogP contribution in [-0.4, -0.2) is 26.5 Å². The number of hydrogen-bond donors (Lipinski definition) is 0. The molecule has 0 amide bonds. The monoisotopic (exact) mass is 377 g/mol. The van der Waals surface area contributed by atoms with E-state index in [2.05, 4.69) is 20.9 Å². The van der Waals surface area contributed by atoms with Crippen LogP contribution in [0.3, 0.4) is 0 Å². The van der Waals surface area contributed by atoms with Crippen LogP contribution in [0.4, 0.5) is 4.39 Å². The first-order valence-electron chi connectivity index (χ1n) is 7.11. The molecule has 4 rings (SSSR count). The van der Waals surface area contributed by atoms with Crippen molar-refractivity contribution < 1.29 is 18.6 Å². The second-order valence-electron chi connectivity index (χ2n) is 5.42. The van der Waals surface area contributed by atoms with E-state index in [1.807, 2.05) is 12.1 Å². The molecule has 0 radical (unpaired) electrons. The molecule has 0 fully saturated rings. The number of hydrogen-bond acceptors (Lipinski definition) is 4. The summed E-state index contributed by atoms with van der Waals surface area (Å²) in [5, 5.41) is 0. The van der Waals surface area contributed by atoms with Gasteiger partial charge in [-0.25, -0.2) is 4.39 Å². The number of nitrogens with zero attached hydrogens (tertiary/aromatic N) is 1. The van der Waals surface area contributed by atoms with Crippen LogP contribution >= 0.6 is 15.9 Å². The molecule has 0 aromatic heterocycles. The SMILES string of the molecule is COc1ccc2c(c1)[C@@]1(COCC=N1)c1cc(Br)cc(F)c1O2. The summed E-state index contributed by atoms with van der Waals surface area (Å²) in [4.78, 5) is 4.69. The van der Waals surface area contributed by atoms with E-state index in [0.717, 1.165) is 5.56 Å². The molecule has 118 valence electrons. The standard InChI is InChI=1S/C17H13BrFNO3/c1-21-11-2-3-15-12(8-11)17(9-22-5-4-20-17)13-6-10(18)7-14(19)16(13)23-15/h2-4,6-8H,5,9H2,1H3/t17-/m0/s1. The Morgan fingerprint density at radius 2 is 2.13 bits per heavy atom. The van der Waals surface area contributed by atoms with Crippen LogP contribution in [0.5, 0.6) is 17.2 Å². The number of methoxy groups -OCH3 is 1. The average molecular weight is 378 g/mol. The summed E-state index contributed by atoms with van der Waals surface area (Å²) >= 11 is 3.35. The van der Waals surface area contributed by atoms with Crippen molar-refractivity contribution in [3.8, 4) is 17.2 Å². The van der Waals surface area contributed by atoms with E-state index in [9.17, 15) is 4.39 Å². The van der Waals surface area contributed by atoms with Crippen LogP contribution in [0.25, 0.3) is 0 Å². The minimum absolute atomic E-state index is 0.188. The number of aliphatic imine (C=N–C) groups is 1. The molecular formula is C17H13BrFNO3. The molecule has 6 heteroatoms. The van der Waals surface area contributed by atoms with Crippen molar-refractivity contribution in [2.45, 2.75) is 5.54 Å². The lowest BCUT2D eigenvalue weighted by Crippen LogP contribution is -2.38. The van der Waals surface area contributed by atoms with E-state index >= 15 is 0 Å². The molecular weight excluding hydrogens is 365 g/mol. The molecule has 2 aliphatic heterocycles. The fourth-order valence-electron chi connectivity index (χ4n) is 3.06. The van der Waals surface area contributed by atoms with Gasteiger partial charge in [0.2, 0.25) is 0 Å². The van der Waals surface area contributed by atoms with Crippen LogP contribution in [-0.2, 0) is 10.3 Å². The highest BCUT2D eigenvalue weighted by molar-refractivity contribution is 9.10. The topological polar surface area (TPSA) is 40.0 Å². The zero-order valence-corrected chi connectivity index (χ0v) is 13.9. The third-order valence-electron chi connectivity index (χ3n) is 4.11. The fraction of sp³-hybridized carbons (Fsp3) is 0.235. The van der Waals surface area contributed by atoms with Gasteiger partial charge in [0.25, 0.3) is 0 Å². The summed E-state index contributed by atoms with van der Waals surface area (Å²) in [5.74, 6) is 0.998. The van der Waals surface area contributed by atoms with Crippen molar-refractivity contribution in [2.24, 2.45) is 4.99 Å². The van der Waals surface area contributed by atoms with Gasteiger partial charge in [0, 0.05) is 21.8 Å². The van der Waals surface area contributed by atoms with E-state index in [-0.39, 0.29) is 5.75 Å². The van der Waals surface area contributed by atoms with Gasteiger partial charge >= 0.3 is 0 Å². The quantitative estimate of drug-likeness (QED) is 0.752. The highest BCUT2D eigenvalue weighted by atomic mass is 79.9. The summed E-state index contributed by atoms with van der Waals surface area (Å²) in [6.07, 6.45) is 1.71. The average Bonchev–Trinajstić information content (AvgIpc) is 2.57. The molecule has 0 saturated heterocycles. The van der Waals surface area contributed by atoms with E-state index in [1.54, 1.807) is 25.5 Å². The number of benzene rings is 2. The molecule has 1 spiro atoms. The summed E-state index contributed by atoms with van der Waals surface area (Å²) in [5.41, 5.74) is 0.610. The van der Waals surface area contributed by atoms with Crippen LogP contribution in [0.15, 0.2) is 39.8 Å². The van der Waals surface area contributed by atoms with Crippen LogP contribution in [0.1, 0.15) is 11.1 Å². The molecule has 0 unspecified atom stereocenters. The zero-order chi connectivity index (χ0) is 16.0. The lowest BCUT2D eigenvalue weighted by atomic mass is 9.80. The molecule has 2 aromatic carbocycles. The maximum absolute atomic E-state index is 14.4. The number of ether oxygens (including phenoxy) is 3. The third-order valence-corrected chi connectivity index (χ3v) is 4.57. The molecule has 23 heavy (non-hydrogen) atoms. The Morgan fingerprint density at radius 1 is 1.26 bits per heavy atom. The first-order chi connectivity index (χ1) is 11.1. The second kappa shape index (κ2) is 5.32. The summed E-state index contributed by atoms with van der Waals surface area (Å²) in [6, 6.07) is 8.62. The number of fused-ring (bicyclic) bond motifs is 4. The maximum atomic E-state index is 14.4. The Morgan fingerprint density at radius 3 is 2.87 bits per heavy atom. The van der Waals surface area contributed by atoms with Crippen molar-refractivity contribution in [2.75, 3.05) is 20.3 Å². The van der Waals surface area contributed by atoms with Crippen molar-refractivity contribution >= 4 is 22.1 Å². The molecule has 1 atom stereocenters. The van der Waals surface area contributed by atoms with Crippen molar-refractivity contribution in [3.05, 3.63) is 51.7 Å². The van der Waals surface area contributed by atoms with Gasteiger partial charge in [-0.1, -0.05) is 15.9 Å². The van der Waals surface area contributed by atoms with Crippen molar-refractivity contribution in [3.63, 3.8) is 0 Å². The van der Waals surface area contributed by atoms with Gasteiger partial charge in [-0.3, -0.25) is 4.99 Å². The number of rotatable bonds is 1. The second-order valence-corrected chi connectivity index (χ2v) is 6.33. The molecule has 2 aliphatic rings. The van der Waals surface area contributed by atoms with Gasteiger partial charge in [-0.15, -0.1) is 0 Å². The van der Waals surface area contributed by atoms with Crippen molar-refractivity contribution in [1.82, 2.24) is 0 Å². The lowest BCUT2D eigenvalue weighted by Gasteiger charge is -2.38. The van der Waals surface area contributed by atoms with E-state index in [0.29, 0.717) is 34.7 Å². The van der Waals surface area contributed by atoms with Gasteiger partial charge in [-0.2, -0.15) is 0 Å². The molecule has 2 aromatic rings. The normalized spacial score (nSPS) is 21.5. The Bertz CT molecular complexity index is 824. The van der Waals surface area contributed by atoms with Crippen LogP contribution in [0.2, 0.25) is 0 Å². The largest absolute Gasteiger partial charge is 0.497 e. The molecule has 0 aliphatic carbocycles. The van der Waals surface area contributed by atoms with Gasteiger partial charge in [0.05, 0.1) is 20.3 Å². The van der Waals surface area contributed by atoms with Crippen LogP contribution in [0, 0.1) is 5.82 Å². The molecule has 0 N–H and O–H groups in total. The smallest absolute Gasteiger partial charge is 0.169 e. The van der Waals surface area contributed by atoms with E-state index in [4.69, 9.17) is 14.2 Å². The van der Waals surface area contributed by atoms with Gasteiger partial charge in [-0.05, 0) is 30.3 Å². The predicted molar refractivity (Wildman–Crippen MR) is 87.3 cm³/mol. The number of halogens is 2. The minimum Gasteiger partial charge on any atom is -0.497 e. The summed E-state index contributed by atoms with van der Waals surface area (Å²) in [6.45, 7) is 0.754. The van der Waals surface area contributed by atoms with Gasteiger partial charge in [0.15, 0.2) is 11.6 Å². The van der Waals surface area contributed by atoms with Crippen molar-refractivity contribution in [1.29, 1.82) is 0 Å². The first-order valence-corrected chi connectivity index (χ1v) is 7.91. The molecule has 2 heterocycles. The molecule has 0 bridgehead atoms. The fourth-order valence-corrected chi connectivity index (χ4v) is 3.49. The maximum Gasteiger partial charge on any atom is 0.169 e. The van der Waals surface area contributed by atoms with Gasteiger partial charge < -0.3 is 14.2 Å². The third kappa shape index (κ3) is 2.16. The Balaban J connectivity index is 2.04. The Kier molecular flexibility index (Phi) is 3.39. The predicted octanol–water partition coefficient (Wildman–Crippen LogP) is 4.05. The zero-order valence-electron chi connectivity index (χ0n) is 12.3. The highest BCUT2D eigenvalue weighted by Crippen LogP contribution is 2.52. The van der Waals surface area contributed by atoms with Crippen LogP contribution < -0.4 is 9.47 Å². The summed E-state index contributed by atoms with van der Waals surface area (Å²) in [7, 11) is 1.60. The highest BCUT2D eigenvalue weighted by Gasteiger charge is 2.45. The molecule has 0 saturated carbocycles. The molecule has 4 nitrogen and oxygen atoms in total. The Hall–Kier alpha value is -1.92. The van der Waals surface area contributed by atoms with E-state index < -0.39 is 11.4 Å². The van der Waals surface area contributed by atoms with E-state index in [1.165, 1.54) is 6.07 Å². The lowest BCUT2D eigenvalue weighted by molar-refractivity contribution is 0.113. The summed E-state index contributed by atoms with van der Waals surface area (Å²) < 4.78 is 31.8. The Labute approximate surface area is 141 Å². The minimum atomic E-state index is -0.833. The first kappa shape index (κ1) is 14.7. The van der Waals surface area contributed by atoms with Gasteiger partial charge in [0.1, 0.15) is 17.0 Å².